The molecule has 0 amide bonds. The van der Waals surface area contributed by atoms with Gasteiger partial charge in [-0.05, 0) is 202 Å². The van der Waals surface area contributed by atoms with Crippen LogP contribution in [0.1, 0.15) is 61.8 Å². The molecule has 2 aromatic carbocycles. The fourth-order valence-electron chi connectivity index (χ4n) is 7.96. The molecule has 0 fully saturated rings. The van der Waals surface area contributed by atoms with Crippen LogP contribution in [0.2, 0.25) is 129 Å². The van der Waals surface area contributed by atoms with Crippen molar-refractivity contribution >= 4 is 69.4 Å². The first-order valence-electron chi connectivity index (χ1n) is 21.7. The Balaban J connectivity index is 2.41. The Bertz CT molecular complexity index is 1370. The van der Waals surface area contributed by atoms with E-state index in [2.05, 4.69) is 155 Å². The minimum atomic E-state index is -1.70. The average Bonchev–Trinajstić information content (AvgIpc) is 3.03. The molecule has 0 bridgehead atoms. The van der Waals surface area contributed by atoms with Crippen LogP contribution in [0.25, 0.3) is 0 Å². The van der Waals surface area contributed by atoms with Crippen molar-refractivity contribution in [3.8, 4) is 11.5 Å². The highest BCUT2D eigenvalue weighted by Gasteiger charge is 2.29. The van der Waals surface area contributed by atoms with E-state index in [-0.39, 0.29) is 5.41 Å². The van der Waals surface area contributed by atoms with Crippen LogP contribution in [0.3, 0.4) is 0 Å². The van der Waals surface area contributed by atoms with Crippen molar-refractivity contribution in [3.05, 3.63) is 58.7 Å². The van der Waals surface area contributed by atoms with Gasteiger partial charge in [-0.15, -0.1) is 0 Å². The Labute approximate surface area is 363 Å². The molecule has 0 unspecified atom stereocenters. The molecule has 0 aromatic heterocycles. The third-order valence-electron chi connectivity index (χ3n) is 10.3. The van der Waals surface area contributed by atoms with Crippen molar-refractivity contribution in [3.63, 3.8) is 0 Å². The smallest absolute Gasteiger partial charge is 0.191 e. The standard InChI is InChI=1S/C43H84O6Si8/c1-43(2,39-25-27-41(44-29-21-33-56(15,16)48-52(7)8)37(35-39)23-19-31-54(11,12)46-50(3)4)40-26-28-42(45-30-22-34-57(17,18)49-53(9)10)38(36-40)24-20-32-55(13,14)47-51(5)6/h25-28,35-36H,19-24,29-34H2,1-18H3. The summed E-state index contributed by atoms with van der Waals surface area (Å²) in [6, 6.07) is 18.6. The van der Waals surface area contributed by atoms with Gasteiger partial charge in [0.25, 0.3) is 0 Å². The number of benzene rings is 2. The van der Waals surface area contributed by atoms with Crippen LogP contribution in [0.15, 0.2) is 36.4 Å². The number of hydrogen-bond donors (Lipinski definition) is 0. The van der Waals surface area contributed by atoms with Crippen molar-refractivity contribution in [1.82, 2.24) is 0 Å². The first-order valence-corrected chi connectivity index (χ1v) is 43.8. The molecule has 0 aliphatic carbocycles. The fraction of sp³-hybridized carbons (Fsp3) is 0.721. The van der Waals surface area contributed by atoms with E-state index in [1.165, 1.54) is 22.3 Å². The zero-order valence-electron chi connectivity index (χ0n) is 39.9. The van der Waals surface area contributed by atoms with Crippen LogP contribution in [0.5, 0.6) is 11.5 Å². The van der Waals surface area contributed by atoms with Gasteiger partial charge in [0.1, 0.15) is 11.5 Å². The highest BCUT2D eigenvalue weighted by Crippen LogP contribution is 2.38. The highest BCUT2D eigenvalue weighted by atomic mass is 28.4. The number of ether oxygens (including phenoxy) is 2. The minimum Gasteiger partial charge on any atom is -0.493 e. The molecule has 14 heteroatoms. The summed E-state index contributed by atoms with van der Waals surface area (Å²) in [5.74, 6) is 2.08. The van der Waals surface area contributed by atoms with Crippen molar-refractivity contribution < 1.29 is 25.9 Å². The lowest BCUT2D eigenvalue weighted by Crippen LogP contribution is -2.35. The maximum atomic E-state index is 6.61. The lowest BCUT2D eigenvalue weighted by atomic mass is 9.76. The van der Waals surface area contributed by atoms with Crippen molar-refractivity contribution in [2.24, 2.45) is 0 Å². The third-order valence-corrected chi connectivity index (χ3v) is 31.9. The van der Waals surface area contributed by atoms with Gasteiger partial charge >= 0.3 is 0 Å². The van der Waals surface area contributed by atoms with E-state index in [1.807, 2.05) is 0 Å². The van der Waals surface area contributed by atoms with E-state index in [4.69, 9.17) is 25.9 Å². The molecule has 324 valence electrons. The van der Waals surface area contributed by atoms with Gasteiger partial charge in [0, 0.05) is 5.41 Å². The first-order chi connectivity index (χ1) is 26.2. The Morgan fingerprint density at radius 3 is 1.00 bits per heavy atom. The largest absolute Gasteiger partial charge is 0.493 e. The molecule has 0 aliphatic rings. The predicted octanol–water partition coefficient (Wildman–Crippen LogP) is 13.3. The van der Waals surface area contributed by atoms with Gasteiger partial charge in [-0.3, -0.25) is 0 Å². The van der Waals surface area contributed by atoms with Gasteiger partial charge in [0.15, 0.2) is 69.4 Å². The van der Waals surface area contributed by atoms with Crippen LogP contribution in [0, 0.1) is 0 Å². The second kappa shape index (κ2) is 23.7. The highest BCUT2D eigenvalue weighted by molar-refractivity contribution is 6.79. The van der Waals surface area contributed by atoms with Gasteiger partial charge in [-0.2, -0.15) is 0 Å². The summed E-state index contributed by atoms with van der Waals surface area (Å²) in [4.78, 5) is 0. The van der Waals surface area contributed by atoms with Crippen molar-refractivity contribution in [2.75, 3.05) is 13.2 Å². The third kappa shape index (κ3) is 20.8. The van der Waals surface area contributed by atoms with E-state index in [9.17, 15) is 0 Å². The Morgan fingerprint density at radius 1 is 0.439 bits per heavy atom. The molecule has 0 aliphatic heterocycles. The van der Waals surface area contributed by atoms with E-state index >= 15 is 0 Å². The maximum Gasteiger partial charge on any atom is 0.191 e. The molecule has 0 atom stereocenters. The van der Waals surface area contributed by atoms with Crippen LogP contribution in [-0.4, -0.2) is 82.6 Å². The first kappa shape index (κ1) is 52.8. The second-order valence-electron chi connectivity index (χ2n) is 20.0. The van der Waals surface area contributed by atoms with Crippen LogP contribution >= 0.6 is 0 Å². The molecule has 0 saturated carbocycles. The SMILES string of the molecule is C[Si](C)O[Si](C)(C)CCCOc1ccc(C(C)(C)c2ccc(OCCC[Si](C)(C)O[Si](C)C)c(CCC[Si](C)(C)O[Si](C)C)c2)cc1CCC[Si](C)(C)O[Si](C)C. The van der Waals surface area contributed by atoms with E-state index in [0.717, 1.165) is 87.4 Å². The summed E-state index contributed by atoms with van der Waals surface area (Å²) < 4.78 is 39.0. The van der Waals surface area contributed by atoms with Gasteiger partial charge < -0.3 is 25.9 Å². The quantitative estimate of drug-likeness (QED) is 0.0626. The summed E-state index contributed by atoms with van der Waals surface area (Å²) in [5.41, 5.74) is 5.10. The molecule has 0 spiro atoms. The lowest BCUT2D eigenvalue weighted by Gasteiger charge is -2.29. The molecule has 4 radical (unpaired) electrons. The Hall–Kier alpha value is -0.385. The molecule has 57 heavy (non-hydrogen) atoms. The molecular formula is C43H84O6Si8. The van der Waals surface area contributed by atoms with Crippen molar-refractivity contribution in [2.45, 2.75) is 187 Å². The van der Waals surface area contributed by atoms with E-state index in [1.54, 1.807) is 0 Å². The molecule has 6 nitrogen and oxygen atoms in total. The fourth-order valence-corrected chi connectivity index (χ4v) is 31.3. The Kier molecular flexibility index (Phi) is 22.0. The molecule has 0 saturated heterocycles. The summed E-state index contributed by atoms with van der Waals surface area (Å²) in [6.07, 6.45) is 6.28. The van der Waals surface area contributed by atoms with E-state index in [0.29, 0.717) is 0 Å². The summed E-state index contributed by atoms with van der Waals surface area (Å²) in [5, 5.41) is 0. The molecule has 0 N–H and O–H groups in total. The second-order valence-corrected chi connectivity index (χ2v) is 46.6. The van der Waals surface area contributed by atoms with Crippen molar-refractivity contribution in [1.29, 1.82) is 0 Å². The van der Waals surface area contributed by atoms with Crippen LogP contribution in [0.4, 0.5) is 0 Å². The van der Waals surface area contributed by atoms with Gasteiger partial charge in [0.2, 0.25) is 0 Å². The minimum absolute atomic E-state index is 0.197. The zero-order valence-corrected chi connectivity index (χ0v) is 47.9. The summed E-state index contributed by atoms with van der Waals surface area (Å²) in [7, 11) is -9.51. The number of rotatable bonds is 28. The molecular weight excluding hydrogens is 837 g/mol. The molecule has 2 rings (SSSR count). The molecule has 2 aromatic rings. The summed E-state index contributed by atoms with van der Waals surface area (Å²) >= 11 is 0. The zero-order chi connectivity index (χ0) is 43.2. The van der Waals surface area contributed by atoms with E-state index < -0.39 is 69.4 Å². The number of aryl methyl sites for hydroxylation is 2. The van der Waals surface area contributed by atoms with Crippen LogP contribution in [-0.2, 0) is 34.7 Å². The van der Waals surface area contributed by atoms with Crippen LogP contribution < -0.4 is 9.47 Å². The normalized spacial score (nSPS) is 13.4. The number of hydrogen-bond acceptors (Lipinski definition) is 6. The maximum absolute atomic E-state index is 6.61. The monoisotopic (exact) mass is 920 g/mol. The average molecular weight is 922 g/mol. The predicted molar refractivity (Wildman–Crippen MR) is 265 cm³/mol. The Morgan fingerprint density at radius 2 is 0.719 bits per heavy atom. The lowest BCUT2D eigenvalue weighted by molar-refractivity contribution is 0.311. The van der Waals surface area contributed by atoms with Gasteiger partial charge in [-0.1, -0.05) is 38.1 Å². The van der Waals surface area contributed by atoms with Gasteiger partial charge in [-0.25, -0.2) is 0 Å². The van der Waals surface area contributed by atoms with Gasteiger partial charge in [0.05, 0.1) is 13.2 Å². The molecule has 0 heterocycles. The topological polar surface area (TPSA) is 55.4 Å². The summed E-state index contributed by atoms with van der Waals surface area (Å²) in [6.45, 7) is 43.2.